The van der Waals surface area contributed by atoms with Crippen molar-refractivity contribution in [3.8, 4) is 0 Å². The summed E-state index contributed by atoms with van der Waals surface area (Å²) < 4.78 is 67.4. The maximum absolute atomic E-state index is 13.8. The van der Waals surface area contributed by atoms with Crippen LogP contribution in [0, 0.1) is 29.1 Å². The van der Waals surface area contributed by atoms with Gasteiger partial charge in [0.15, 0.2) is 0 Å². The van der Waals surface area contributed by atoms with Gasteiger partial charge in [0.1, 0.15) is 29.1 Å². The molecule has 0 aromatic heterocycles. The first-order chi connectivity index (χ1) is 8.97. The Balaban J connectivity index is 2.66. The summed E-state index contributed by atoms with van der Waals surface area (Å²) in [6.07, 6.45) is 0. The number of hydrogen-bond donors (Lipinski definition) is 0. The summed E-state index contributed by atoms with van der Waals surface area (Å²) in [6, 6.07) is 3.65. The molecule has 3 aromatic carbocycles. The average Bonchev–Trinajstić information content (AvgIpc) is 2.25. The first-order valence-electron chi connectivity index (χ1n) is 5.33. The second-order valence-corrected chi connectivity index (χ2v) is 4.15. The second-order valence-electron chi connectivity index (χ2n) is 4.15. The van der Waals surface area contributed by atoms with Crippen molar-refractivity contribution in [2.45, 2.75) is 0 Å². The topological polar surface area (TPSA) is 0 Å². The number of hydrogen-bond acceptors (Lipinski definition) is 0. The molecule has 0 bridgehead atoms. The van der Waals surface area contributed by atoms with Crippen LogP contribution in [-0.4, -0.2) is 0 Å². The molecule has 0 N–H and O–H groups in total. The van der Waals surface area contributed by atoms with E-state index in [-0.39, 0.29) is 16.2 Å². The zero-order valence-electron chi connectivity index (χ0n) is 9.28. The van der Waals surface area contributed by atoms with Crippen molar-refractivity contribution in [1.82, 2.24) is 0 Å². The van der Waals surface area contributed by atoms with Crippen molar-refractivity contribution in [1.29, 1.82) is 0 Å². The van der Waals surface area contributed by atoms with Gasteiger partial charge in [-0.1, -0.05) is 0 Å². The zero-order valence-corrected chi connectivity index (χ0v) is 9.28. The van der Waals surface area contributed by atoms with Crippen molar-refractivity contribution in [3.63, 3.8) is 0 Å². The van der Waals surface area contributed by atoms with E-state index >= 15 is 0 Å². The molecule has 96 valence electrons. The summed E-state index contributed by atoms with van der Waals surface area (Å²) in [7, 11) is 0. The maximum Gasteiger partial charge on any atom is 0.136 e. The van der Waals surface area contributed by atoms with E-state index in [2.05, 4.69) is 0 Å². The molecule has 0 aliphatic rings. The van der Waals surface area contributed by atoms with E-state index in [4.69, 9.17) is 0 Å². The third-order valence-electron chi connectivity index (χ3n) is 2.93. The highest BCUT2D eigenvalue weighted by molar-refractivity contribution is 6.08. The minimum Gasteiger partial charge on any atom is -0.207 e. The molecule has 0 spiro atoms. The van der Waals surface area contributed by atoms with E-state index in [0.717, 1.165) is 18.2 Å². The van der Waals surface area contributed by atoms with Crippen LogP contribution in [0.2, 0.25) is 0 Å². The number of halogens is 5. The van der Waals surface area contributed by atoms with Crippen molar-refractivity contribution < 1.29 is 22.0 Å². The Kier molecular flexibility index (Phi) is 2.45. The molecule has 3 rings (SSSR count). The van der Waals surface area contributed by atoms with Gasteiger partial charge in [-0.2, -0.15) is 0 Å². The Hall–Kier alpha value is -2.17. The van der Waals surface area contributed by atoms with E-state index in [9.17, 15) is 22.0 Å². The van der Waals surface area contributed by atoms with Gasteiger partial charge in [-0.3, -0.25) is 0 Å². The summed E-state index contributed by atoms with van der Waals surface area (Å²) in [5.74, 6) is -4.96. The predicted molar refractivity (Wildman–Crippen MR) is 61.2 cm³/mol. The molecule has 0 heterocycles. The van der Waals surface area contributed by atoms with Gasteiger partial charge in [-0.05, 0) is 23.6 Å². The average molecular weight is 268 g/mol. The minimum absolute atomic E-state index is 0.0903. The Labute approximate surface area is 104 Å². The molecule has 0 unspecified atom stereocenters. The van der Waals surface area contributed by atoms with Crippen LogP contribution in [0.25, 0.3) is 21.5 Å². The molecule has 5 heteroatoms. The first-order valence-corrected chi connectivity index (χ1v) is 5.33. The molecule has 0 atom stereocenters. The molecule has 0 amide bonds. The summed E-state index contributed by atoms with van der Waals surface area (Å²) in [6.45, 7) is 0. The third kappa shape index (κ3) is 1.73. The van der Waals surface area contributed by atoms with Crippen molar-refractivity contribution in [2.75, 3.05) is 0 Å². The predicted octanol–water partition coefficient (Wildman–Crippen LogP) is 4.69. The summed E-state index contributed by atoms with van der Waals surface area (Å²) >= 11 is 0. The van der Waals surface area contributed by atoms with Crippen LogP contribution in [0.15, 0.2) is 30.3 Å². The van der Waals surface area contributed by atoms with Crippen molar-refractivity contribution in [2.24, 2.45) is 0 Å². The molecule has 0 aliphatic carbocycles. The number of fused-ring (bicyclic) bond motifs is 3. The Morgan fingerprint density at radius 2 is 1.05 bits per heavy atom. The summed E-state index contributed by atoms with van der Waals surface area (Å²) in [4.78, 5) is 0. The summed E-state index contributed by atoms with van der Waals surface area (Å²) in [5, 5.41) is -1.08. The van der Waals surface area contributed by atoms with Crippen LogP contribution >= 0.6 is 0 Å². The minimum atomic E-state index is -1.13. The van der Waals surface area contributed by atoms with Gasteiger partial charge in [0, 0.05) is 22.9 Å². The van der Waals surface area contributed by atoms with E-state index in [1.54, 1.807) is 0 Å². The standard InChI is InChI=1S/C14H5F5/c15-7-1-6-2-10(17)14-9(13(6)11(18)4-7)3-8(16)5-12(14)19/h1-5H. The van der Waals surface area contributed by atoms with Gasteiger partial charge in [0.2, 0.25) is 0 Å². The Morgan fingerprint density at radius 1 is 0.526 bits per heavy atom. The normalized spacial score (nSPS) is 11.4. The lowest BCUT2D eigenvalue weighted by atomic mass is 10.0. The fourth-order valence-corrected chi connectivity index (χ4v) is 2.21. The molecule has 0 fully saturated rings. The molecular formula is C14H5F5. The van der Waals surface area contributed by atoms with Crippen LogP contribution in [0.5, 0.6) is 0 Å². The Bertz CT molecular complexity index is 823. The van der Waals surface area contributed by atoms with Crippen molar-refractivity contribution >= 4 is 21.5 Å². The van der Waals surface area contributed by atoms with Crippen LogP contribution in [0.4, 0.5) is 22.0 Å². The second kappa shape index (κ2) is 3.91. The van der Waals surface area contributed by atoms with E-state index < -0.39 is 34.5 Å². The fourth-order valence-electron chi connectivity index (χ4n) is 2.21. The van der Waals surface area contributed by atoms with Gasteiger partial charge in [0.25, 0.3) is 0 Å². The van der Waals surface area contributed by atoms with Crippen LogP contribution in [-0.2, 0) is 0 Å². The summed E-state index contributed by atoms with van der Waals surface area (Å²) in [5.41, 5.74) is 0. The molecule has 19 heavy (non-hydrogen) atoms. The number of benzene rings is 3. The van der Waals surface area contributed by atoms with Gasteiger partial charge in [-0.25, -0.2) is 22.0 Å². The molecule has 3 aromatic rings. The van der Waals surface area contributed by atoms with Crippen LogP contribution in [0.3, 0.4) is 0 Å². The monoisotopic (exact) mass is 268 g/mol. The highest BCUT2D eigenvalue weighted by Gasteiger charge is 2.16. The molecule has 0 aliphatic heterocycles. The van der Waals surface area contributed by atoms with Gasteiger partial charge in [-0.15, -0.1) is 0 Å². The maximum atomic E-state index is 13.8. The van der Waals surface area contributed by atoms with Gasteiger partial charge in [0.05, 0.1) is 5.39 Å². The lowest BCUT2D eigenvalue weighted by Crippen LogP contribution is -1.92. The van der Waals surface area contributed by atoms with Gasteiger partial charge < -0.3 is 0 Å². The smallest absolute Gasteiger partial charge is 0.136 e. The highest BCUT2D eigenvalue weighted by Crippen LogP contribution is 2.32. The molecule has 0 saturated heterocycles. The lowest BCUT2D eigenvalue weighted by molar-refractivity contribution is 0.581. The zero-order chi connectivity index (χ0) is 13.7. The third-order valence-corrected chi connectivity index (χ3v) is 2.93. The van der Waals surface area contributed by atoms with E-state index in [0.29, 0.717) is 12.1 Å². The lowest BCUT2D eigenvalue weighted by Gasteiger charge is -2.08. The molecule has 0 nitrogen and oxygen atoms in total. The molecular weight excluding hydrogens is 263 g/mol. The van der Waals surface area contributed by atoms with E-state index in [1.165, 1.54) is 0 Å². The fraction of sp³-hybridized carbons (Fsp3) is 0. The highest BCUT2D eigenvalue weighted by atomic mass is 19.2. The Morgan fingerprint density at radius 3 is 1.74 bits per heavy atom. The molecule has 0 radical (unpaired) electrons. The van der Waals surface area contributed by atoms with Gasteiger partial charge >= 0.3 is 0 Å². The largest absolute Gasteiger partial charge is 0.207 e. The van der Waals surface area contributed by atoms with Crippen LogP contribution in [0.1, 0.15) is 0 Å². The first kappa shape index (κ1) is 11.9. The number of rotatable bonds is 0. The van der Waals surface area contributed by atoms with E-state index in [1.807, 2.05) is 0 Å². The van der Waals surface area contributed by atoms with Crippen molar-refractivity contribution in [3.05, 3.63) is 59.4 Å². The SMILES string of the molecule is Fc1cc(F)c2c(c1)cc(F)c1c(F)cc(F)cc12. The molecule has 0 saturated carbocycles. The quantitative estimate of drug-likeness (QED) is 0.410. The van der Waals surface area contributed by atoms with Crippen LogP contribution < -0.4 is 0 Å².